The number of nitrogens with one attached hydrogen (secondary N) is 1. The van der Waals surface area contributed by atoms with Crippen molar-refractivity contribution in [2.24, 2.45) is 0 Å². The Morgan fingerprint density at radius 1 is 0.967 bits per heavy atom. The van der Waals surface area contributed by atoms with Gasteiger partial charge in [-0.25, -0.2) is 0 Å². The molecule has 1 aliphatic carbocycles. The monoisotopic (exact) mass is 415 g/mol. The van der Waals surface area contributed by atoms with E-state index in [2.05, 4.69) is 30.4 Å². The van der Waals surface area contributed by atoms with Crippen LogP contribution in [0.4, 0.5) is 0 Å². The fraction of sp³-hybridized carbons (Fsp3) is 0.741. The molecule has 0 saturated carbocycles. The normalized spacial score (nSPS) is 15.2. The fourth-order valence-corrected chi connectivity index (χ4v) is 4.54. The summed E-state index contributed by atoms with van der Waals surface area (Å²) in [6, 6.07) is 6.65. The highest BCUT2D eigenvalue weighted by molar-refractivity contribution is 5.75. The third kappa shape index (κ3) is 9.53. The van der Waals surface area contributed by atoms with Crippen molar-refractivity contribution in [3.05, 3.63) is 29.3 Å². The molecular weight excluding hydrogens is 370 g/mol. The Labute approximate surface area is 185 Å². The van der Waals surface area contributed by atoms with Crippen LogP contribution in [0, 0.1) is 0 Å². The number of hydrogen-bond acceptors (Lipinski definition) is 2. The van der Waals surface area contributed by atoms with Gasteiger partial charge in [0.15, 0.2) is 0 Å². The van der Waals surface area contributed by atoms with Gasteiger partial charge in [0.25, 0.3) is 0 Å². The van der Waals surface area contributed by atoms with E-state index in [0.29, 0.717) is 12.3 Å². The molecule has 0 saturated heterocycles. The molecule has 1 atom stereocenters. The van der Waals surface area contributed by atoms with E-state index >= 15 is 0 Å². The largest absolute Gasteiger partial charge is 0.494 e. The Balaban J connectivity index is 1.59. The quantitative estimate of drug-likeness (QED) is 0.271. The molecule has 0 radical (unpaired) electrons. The first-order valence-electron chi connectivity index (χ1n) is 12.8. The average molecular weight is 416 g/mol. The maximum absolute atomic E-state index is 11.7. The molecule has 1 aliphatic rings. The number of aryl methyl sites for hydroxylation is 1. The molecule has 1 unspecified atom stereocenters. The van der Waals surface area contributed by atoms with Crippen LogP contribution in [0.1, 0.15) is 121 Å². The number of amides is 1. The zero-order valence-electron chi connectivity index (χ0n) is 19.6. The van der Waals surface area contributed by atoms with Crippen LogP contribution in [0.3, 0.4) is 0 Å². The average Bonchev–Trinajstić information content (AvgIpc) is 3.14. The van der Waals surface area contributed by atoms with Gasteiger partial charge in [-0.1, -0.05) is 77.7 Å². The third-order valence-electron chi connectivity index (χ3n) is 6.38. The SMILES string of the molecule is CCCCCCCCCCCCOc1ccc2c(c1)C(CCNC(=O)CCC)CC2. The number of benzene rings is 1. The molecule has 170 valence electrons. The Bertz CT molecular complexity index is 599. The zero-order chi connectivity index (χ0) is 21.4. The highest BCUT2D eigenvalue weighted by atomic mass is 16.5. The van der Waals surface area contributed by atoms with E-state index < -0.39 is 0 Å². The fourth-order valence-electron chi connectivity index (χ4n) is 4.54. The van der Waals surface area contributed by atoms with Crippen molar-refractivity contribution in [2.45, 2.75) is 116 Å². The van der Waals surface area contributed by atoms with Gasteiger partial charge >= 0.3 is 0 Å². The molecule has 0 aromatic heterocycles. The Morgan fingerprint density at radius 2 is 1.67 bits per heavy atom. The van der Waals surface area contributed by atoms with Crippen LogP contribution in [0.25, 0.3) is 0 Å². The summed E-state index contributed by atoms with van der Waals surface area (Å²) in [4.78, 5) is 11.7. The standard InChI is InChI=1S/C27H45NO2/c1-3-5-6-7-8-9-10-11-12-13-21-30-25-18-17-23-15-16-24(26(23)22-25)19-20-28-27(29)14-4-2/h17-18,22,24H,3-16,19-21H2,1-2H3,(H,28,29). The molecular formula is C27H45NO2. The molecule has 1 amide bonds. The molecule has 2 rings (SSSR count). The van der Waals surface area contributed by atoms with E-state index in [0.717, 1.165) is 44.6 Å². The van der Waals surface area contributed by atoms with Gasteiger partial charge in [-0.15, -0.1) is 0 Å². The lowest BCUT2D eigenvalue weighted by molar-refractivity contribution is -0.121. The molecule has 0 aliphatic heterocycles. The van der Waals surface area contributed by atoms with Crippen LogP contribution in [-0.4, -0.2) is 19.1 Å². The van der Waals surface area contributed by atoms with E-state index in [4.69, 9.17) is 4.74 Å². The second kappa shape index (κ2) is 15.3. The Hall–Kier alpha value is -1.51. The predicted molar refractivity (Wildman–Crippen MR) is 127 cm³/mol. The third-order valence-corrected chi connectivity index (χ3v) is 6.38. The Kier molecular flexibility index (Phi) is 12.6. The van der Waals surface area contributed by atoms with Crippen molar-refractivity contribution in [2.75, 3.05) is 13.2 Å². The molecule has 3 heteroatoms. The summed E-state index contributed by atoms with van der Waals surface area (Å²) in [5.74, 6) is 1.76. The number of carbonyl (C=O) groups is 1. The van der Waals surface area contributed by atoms with Gasteiger partial charge < -0.3 is 10.1 Å². The van der Waals surface area contributed by atoms with Crippen LogP contribution in [0.15, 0.2) is 18.2 Å². The van der Waals surface area contributed by atoms with E-state index in [1.54, 1.807) is 0 Å². The molecule has 3 nitrogen and oxygen atoms in total. The molecule has 0 bridgehead atoms. The molecule has 1 aromatic carbocycles. The molecule has 30 heavy (non-hydrogen) atoms. The summed E-state index contributed by atoms with van der Waals surface area (Å²) >= 11 is 0. The van der Waals surface area contributed by atoms with Gasteiger partial charge in [0.2, 0.25) is 5.91 Å². The number of unbranched alkanes of at least 4 members (excludes halogenated alkanes) is 9. The second-order valence-electron chi connectivity index (χ2n) is 9.02. The maximum Gasteiger partial charge on any atom is 0.219 e. The van der Waals surface area contributed by atoms with Crippen molar-refractivity contribution in [3.8, 4) is 5.75 Å². The number of hydrogen-bond donors (Lipinski definition) is 1. The van der Waals surface area contributed by atoms with Gasteiger partial charge in [-0.3, -0.25) is 4.79 Å². The van der Waals surface area contributed by atoms with Crippen LogP contribution in [-0.2, 0) is 11.2 Å². The maximum atomic E-state index is 11.7. The van der Waals surface area contributed by atoms with Crippen molar-refractivity contribution >= 4 is 5.91 Å². The Morgan fingerprint density at radius 3 is 2.37 bits per heavy atom. The van der Waals surface area contributed by atoms with Gasteiger partial charge in [-0.05, 0) is 61.3 Å². The number of fused-ring (bicyclic) bond motifs is 1. The first-order chi connectivity index (χ1) is 14.7. The van der Waals surface area contributed by atoms with Crippen molar-refractivity contribution in [3.63, 3.8) is 0 Å². The van der Waals surface area contributed by atoms with Crippen molar-refractivity contribution in [1.82, 2.24) is 5.32 Å². The summed E-state index contributed by atoms with van der Waals surface area (Å²) in [7, 11) is 0. The minimum Gasteiger partial charge on any atom is -0.494 e. The zero-order valence-corrected chi connectivity index (χ0v) is 19.6. The highest BCUT2D eigenvalue weighted by Crippen LogP contribution is 2.37. The van der Waals surface area contributed by atoms with Crippen LogP contribution < -0.4 is 10.1 Å². The van der Waals surface area contributed by atoms with Crippen molar-refractivity contribution < 1.29 is 9.53 Å². The van der Waals surface area contributed by atoms with Crippen LogP contribution in [0.5, 0.6) is 5.75 Å². The van der Waals surface area contributed by atoms with Gasteiger partial charge in [0, 0.05) is 13.0 Å². The minimum atomic E-state index is 0.185. The molecule has 0 heterocycles. The summed E-state index contributed by atoms with van der Waals surface area (Å²) < 4.78 is 6.06. The molecule has 0 spiro atoms. The highest BCUT2D eigenvalue weighted by Gasteiger charge is 2.22. The van der Waals surface area contributed by atoms with Gasteiger partial charge in [-0.2, -0.15) is 0 Å². The number of ether oxygens (including phenoxy) is 1. The van der Waals surface area contributed by atoms with Gasteiger partial charge in [0.05, 0.1) is 6.61 Å². The molecule has 0 fully saturated rings. The van der Waals surface area contributed by atoms with Crippen molar-refractivity contribution in [1.29, 1.82) is 0 Å². The lowest BCUT2D eigenvalue weighted by Crippen LogP contribution is -2.24. The van der Waals surface area contributed by atoms with E-state index in [9.17, 15) is 4.79 Å². The van der Waals surface area contributed by atoms with E-state index in [-0.39, 0.29) is 5.91 Å². The van der Waals surface area contributed by atoms with Crippen LogP contribution in [0.2, 0.25) is 0 Å². The summed E-state index contributed by atoms with van der Waals surface area (Å²) in [6.45, 7) is 5.93. The van der Waals surface area contributed by atoms with Gasteiger partial charge in [0.1, 0.15) is 5.75 Å². The second-order valence-corrected chi connectivity index (χ2v) is 9.02. The smallest absolute Gasteiger partial charge is 0.219 e. The van der Waals surface area contributed by atoms with Crippen LogP contribution >= 0.6 is 0 Å². The molecule has 1 aromatic rings. The summed E-state index contributed by atoms with van der Waals surface area (Å²) in [6.07, 6.45) is 18.5. The van der Waals surface area contributed by atoms with E-state index in [1.807, 2.05) is 6.92 Å². The number of carbonyl (C=O) groups excluding carboxylic acids is 1. The molecule has 1 N–H and O–H groups in total. The first-order valence-corrected chi connectivity index (χ1v) is 12.8. The predicted octanol–water partition coefficient (Wildman–Crippen LogP) is 7.32. The summed E-state index contributed by atoms with van der Waals surface area (Å²) in [5, 5.41) is 3.06. The lowest BCUT2D eigenvalue weighted by Gasteiger charge is -2.14. The topological polar surface area (TPSA) is 38.3 Å². The number of rotatable bonds is 17. The minimum absolute atomic E-state index is 0.185. The summed E-state index contributed by atoms with van der Waals surface area (Å²) in [5.41, 5.74) is 2.91. The first kappa shape index (κ1) is 24.8. The lowest BCUT2D eigenvalue weighted by atomic mass is 9.97. The van der Waals surface area contributed by atoms with E-state index in [1.165, 1.54) is 75.3 Å².